The van der Waals surface area contributed by atoms with E-state index in [4.69, 9.17) is 60.0 Å². The molecule has 0 atom stereocenters. The molecule has 4 fully saturated rings. The largest absolute Gasteiger partial charge is 0.490 e. The number of nitrogens with one attached hydrogen (secondary N) is 4. The van der Waals surface area contributed by atoms with Gasteiger partial charge < -0.3 is 76.5 Å². The van der Waals surface area contributed by atoms with Gasteiger partial charge in [-0.1, -0.05) is 50.7 Å². The van der Waals surface area contributed by atoms with Crippen molar-refractivity contribution >= 4 is 109 Å². The second kappa shape index (κ2) is 54.5. The highest BCUT2D eigenvalue weighted by atomic mass is 19.4. The maximum Gasteiger partial charge on any atom is 0.490 e. The van der Waals surface area contributed by atoms with E-state index in [2.05, 4.69) is 143 Å². The maximum absolute atomic E-state index is 13.3. The van der Waals surface area contributed by atoms with Crippen LogP contribution in [0.4, 0.5) is 82.3 Å². The zero-order valence-corrected chi connectivity index (χ0v) is 77.8. The zero-order valence-electron chi connectivity index (χ0n) is 77.8. The van der Waals surface area contributed by atoms with Gasteiger partial charge in [-0.2, -0.15) is 73.1 Å². The first-order valence-electron chi connectivity index (χ1n) is 43.1. The summed E-state index contributed by atoms with van der Waals surface area (Å²) in [7, 11) is 2.87. The number of ketones is 1. The third-order valence-electron chi connectivity index (χ3n) is 20.5. The summed E-state index contributed by atoms with van der Waals surface area (Å²) in [5.41, 5.74) is 11.8. The van der Waals surface area contributed by atoms with E-state index in [1.165, 1.54) is 38.2 Å². The highest BCUT2D eigenvalue weighted by molar-refractivity contribution is 5.96. The second-order valence-corrected chi connectivity index (χ2v) is 30.2. The van der Waals surface area contributed by atoms with Crippen LogP contribution in [-0.2, 0) is 76.3 Å². The summed E-state index contributed by atoms with van der Waals surface area (Å²) in [6.07, 6.45) is -6.09. The Morgan fingerprint density at radius 3 is 1.03 bits per heavy atom. The molecule has 4 aliphatic rings. The van der Waals surface area contributed by atoms with Gasteiger partial charge in [0.25, 0.3) is 22.2 Å². The van der Waals surface area contributed by atoms with Crippen LogP contribution in [0, 0.1) is 47.4 Å². The van der Waals surface area contributed by atoms with Crippen molar-refractivity contribution in [1.29, 1.82) is 0 Å². The Morgan fingerprint density at radius 1 is 0.401 bits per heavy atom. The molecule has 0 radical (unpaired) electrons. The van der Waals surface area contributed by atoms with Crippen LogP contribution < -0.4 is 73.6 Å². The van der Waals surface area contributed by atoms with Gasteiger partial charge >= 0.3 is 54.6 Å². The van der Waals surface area contributed by atoms with Crippen LogP contribution in [0.15, 0.2) is 123 Å². The number of carboxylic acids is 4. The SMILES string of the molecule is C.C.CC#CCn1c(N2CCNCC2)nc2cnn(CC(=O)c3ccncc3)c(=O)c21.CC#CCn1c(N2CCNCC2)nc2cnn(Cc3ccc(C(=O)OC)cn3)c(=O)c21.CC#CCn1c(N2CCNCC2)nc2cnn(Cc3ccc(N)nc3)c(=O)c21.CC#CCn1c(N2CCNCC2)nc2cnn(Cc3cccnc3OC)c(=O)c21.O=C(O)C(F)(F)F.O=C(O)C(F)(F)F.O=C(O)C(F)(F)F.O=C(O)C(F)(F)F. The Hall–Kier alpha value is -16.9. The number of halogens is 12. The van der Waals surface area contributed by atoms with E-state index in [0.29, 0.717) is 111 Å². The molecule has 0 unspecified atom stereocenters. The number of carboxylic acid groups (broad SMARTS) is 4. The van der Waals surface area contributed by atoms with E-state index in [0.717, 1.165) is 134 Å². The summed E-state index contributed by atoms with van der Waals surface area (Å²) in [5.74, 6) is 16.0. The fourth-order valence-electron chi connectivity index (χ4n) is 13.7. The van der Waals surface area contributed by atoms with Crippen molar-refractivity contribution in [2.45, 2.75) is 120 Å². The number of alkyl halides is 12. The molecule has 0 aliphatic carbocycles. The second-order valence-electron chi connectivity index (χ2n) is 30.2. The first-order chi connectivity index (χ1) is 69.0. The van der Waals surface area contributed by atoms with Crippen molar-refractivity contribution in [3.63, 3.8) is 0 Å². The van der Waals surface area contributed by atoms with Gasteiger partial charge in [-0.15, -0.1) is 23.7 Å². The topological polar surface area (TPSA) is 551 Å². The molecule has 4 saturated heterocycles. The molecule has 0 saturated carbocycles. The average Bonchev–Trinajstić information content (AvgIpc) is 1.63. The van der Waals surface area contributed by atoms with Crippen LogP contribution in [0.2, 0.25) is 0 Å². The van der Waals surface area contributed by atoms with E-state index in [1.54, 1.807) is 109 Å². The number of imidazole rings is 4. The number of aliphatic carboxylic acids is 4. The van der Waals surface area contributed by atoms with Gasteiger partial charge in [0.05, 0.1) is 96.1 Å². The lowest BCUT2D eigenvalue weighted by atomic mass is 10.2. The van der Waals surface area contributed by atoms with Crippen LogP contribution >= 0.6 is 0 Å². The number of nitrogens with zero attached hydrogens (tertiary/aromatic N) is 24. The van der Waals surface area contributed by atoms with E-state index < -0.39 is 54.6 Å². The van der Waals surface area contributed by atoms with E-state index in [9.17, 15) is 81.5 Å². The molecule has 0 aromatic carbocycles. The van der Waals surface area contributed by atoms with Crippen LogP contribution in [-0.4, -0.2) is 297 Å². The lowest BCUT2D eigenvalue weighted by Crippen LogP contribution is -2.44. The van der Waals surface area contributed by atoms with Gasteiger partial charge in [0.15, 0.2) is 5.78 Å². The molecule has 4 aliphatic heterocycles. The maximum atomic E-state index is 13.3. The summed E-state index contributed by atoms with van der Waals surface area (Å²) in [5, 5.41) is 58.9. The van der Waals surface area contributed by atoms with Crippen LogP contribution in [0.5, 0.6) is 5.88 Å². The Labute approximate surface area is 826 Å². The number of nitrogen functional groups attached to an aromatic ring is 1. The minimum atomic E-state index is -5.08. The first kappa shape index (κ1) is 117. The lowest BCUT2D eigenvalue weighted by molar-refractivity contribution is -0.193. The van der Waals surface area contributed by atoms with Crippen LogP contribution in [0.25, 0.3) is 44.1 Å². The molecule has 10 N–H and O–H groups in total. The van der Waals surface area contributed by atoms with Gasteiger partial charge in [-0.25, -0.2) is 72.6 Å². The van der Waals surface area contributed by atoms with E-state index in [-0.39, 0.29) is 62.5 Å². The summed E-state index contributed by atoms with van der Waals surface area (Å²) in [6.45, 7) is 22.7. The predicted octanol–water partition coefficient (Wildman–Crippen LogP) is 4.89. The van der Waals surface area contributed by atoms with Crippen molar-refractivity contribution < 1.29 is 111 Å². The van der Waals surface area contributed by atoms with E-state index in [1.807, 2.05) is 36.5 Å². The smallest absolute Gasteiger partial charge is 0.481 e. The van der Waals surface area contributed by atoms with Crippen molar-refractivity contribution in [1.82, 2.24) is 119 Å². The number of carbonyl (C=O) groups excluding carboxylic acids is 2. The van der Waals surface area contributed by atoms with Crippen LogP contribution in [0.3, 0.4) is 0 Å². The van der Waals surface area contributed by atoms with Crippen molar-refractivity contribution in [2.75, 3.05) is 144 Å². The van der Waals surface area contributed by atoms with Crippen molar-refractivity contribution in [2.24, 2.45) is 0 Å². The Balaban J connectivity index is 0.000000242. The average molecular weight is 2070 g/mol. The third-order valence-corrected chi connectivity index (χ3v) is 20.5. The normalized spacial score (nSPS) is 13.2. The van der Waals surface area contributed by atoms with Gasteiger partial charge in [0.1, 0.15) is 56.5 Å². The van der Waals surface area contributed by atoms with Crippen LogP contribution in [0.1, 0.15) is 80.1 Å². The number of nitrogens with two attached hydrogens (primary N) is 1. The van der Waals surface area contributed by atoms with E-state index >= 15 is 0 Å². The number of anilines is 5. The number of fused-ring (bicyclic) bond motifs is 4. The van der Waals surface area contributed by atoms with Gasteiger partial charge in [0, 0.05) is 147 Å². The predicted molar refractivity (Wildman–Crippen MR) is 510 cm³/mol. The molecule has 0 amide bonds. The number of ether oxygens (including phenoxy) is 2. The molecule has 12 aromatic rings. The Morgan fingerprint density at radius 2 is 0.728 bits per heavy atom. The highest BCUT2D eigenvalue weighted by Gasteiger charge is 2.41. The molecule has 0 spiro atoms. The molecule has 147 heavy (non-hydrogen) atoms. The molecule has 0 bridgehead atoms. The minimum absolute atomic E-state index is 0. The quantitative estimate of drug-likeness (QED) is 0.0225. The molecule has 57 heteroatoms. The van der Waals surface area contributed by atoms with Crippen molar-refractivity contribution in [3.8, 4) is 53.2 Å². The van der Waals surface area contributed by atoms with Gasteiger partial charge in [-0.05, 0) is 69.7 Å². The Bertz CT molecular complexity index is 6980. The number of piperazine rings is 4. The number of methoxy groups -OCH3 is 2. The number of hydrogen-bond donors (Lipinski definition) is 9. The molecule has 16 rings (SSSR count). The molecular formula is C90H101F12N29O16. The minimum Gasteiger partial charge on any atom is -0.481 e. The molecule has 45 nitrogen and oxygen atoms in total. The number of rotatable bonds is 19. The van der Waals surface area contributed by atoms with Gasteiger partial charge in [0.2, 0.25) is 29.7 Å². The fourth-order valence-corrected chi connectivity index (χ4v) is 13.7. The Kier molecular flexibility index (Phi) is 43.4. The number of pyridine rings is 4. The number of aromatic nitrogens is 20. The summed E-state index contributed by atoms with van der Waals surface area (Å²) in [6, 6.07) is 13.8. The summed E-state index contributed by atoms with van der Waals surface area (Å²) >= 11 is 0. The zero-order chi connectivity index (χ0) is 106. The molecular weight excluding hydrogens is 1970 g/mol. The molecule has 12 aromatic heterocycles. The number of hydrogen-bond acceptors (Lipinski definition) is 33. The van der Waals surface area contributed by atoms with Crippen molar-refractivity contribution in [3.05, 3.63) is 174 Å². The van der Waals surface area contributed by atoms with Gasteiger partial charge in [-0.3, -0.25) is 52.2 Å². The summed E-state index contributed by atoms with van der Waals surface area (Å²) < 4.78 is 150. The third kappa shape index (κ3) is 32.3. The monoisotopic (exact) mass is 2070 g/mol. The molecule has 16 heterocycles. The number of Topliss-reactive ketones (excluding diaryl/α,β-unsaturated/α-hetero) is 1. The number of carbonyl (C=O) groups is 6. The number of esters is 1. The highest BCUT2D eigenvalue weighted by Crippen LogP contribution is 2.27. The first-order valence-corrected chi connectivity index (χ1v) is 43.1. The lowest BCUT2D eigenvalue weighted by Gasteiger charge is -2.28. The molecule has 786 valence electrons. The fraction of sp³-hybridized carbons (Fsp3) is 0.400. The standard InChI is InChI=1S/C21H23N7O3.C20H23N7O2.C20H21N7O2.C19H22N8O.4C2HF3O2.2CH4/c1-3-4-9-27-18-17(25-21(27)26-10-7-22-8-11-26)13-24-28(19(18)29)14-16-6-5-15(12-23-16)20(30)31-2;1-3-4-10-26-17-16(24-20(26)25-11-8-21-9-12-25)13-23-27(19(17)28)14-15-6-5-7-22-18(15)29-2;1-2-3-10-26-18-16(24-20(26)25-11-8-22-9-12-25)13-23-27(19(18)29)14-17(28)15-4-6-21-7-5-15;1-2-3-8-26-17-15(24-19(26)25-9-6-21-7-10-25)12-23-27(18(17)28)13-14-4-5-16(20)22-11-14;4*3-2(4,5)1(6)7;;/h5-6,12-13,22H,7-11,14H2,1-2H3;5-7,13,21H,8-12,14H2,1-2H3;4-7,13,22H,8-12,14H2,1H3;4-5,11-12,21H,6-10,13H2,1H3,(H2,20,22);4*(H,6,7);2*1H4. The summed E-state index contributed by atoms with van der Waals surface area (Å²) in [4.78, 5) is 157.